The van der Waals surface area contributed by atoms with Crippen LogP contribution in [0.1, 0.15) is 15.9 Å². The van der Waals surface area contributed by atoms with E-state index in [4.69, 9.17) is 0 Å². The maximum atomic E-state index is 12.9. The number of nitrogens with zero attached hydrogens (tertiary/aromatic N) is 1. The molecule has 0 saturated carbocycles. The molecule has 28 heavy (non-hydrogen) atoms. The highest BCUT2D eigenvalue weighted by Crippen LogP contribution is 2.30. The average Bonchev–Trinajstić information content (AvgIpc) is 2.65. The van der Waals surface area contributed by atoms with E-state index in [0.717, 1.165) is 21.2 Å². The predicted molar refractivity (Wildman–Crippen MR) is 115 cm³/mol. The van der Waals surface area contributed by atoms with Crippen LogP contribution in [-0.2, 0) is 9.84 Å². The maximum Gasteiger partial charge on any atom is 0.258 e. The molecule has 0 spiro atoms. The second kappa shape index (κ2) is 8.46. The number of pyridine rings is 1. The molecule has 1 amide bonds. The van der Waals surface area contributed by atoms with Gasteiger partial charge in [0.05, 0.1) is 10.5 Å². The first kappa shape index (κ1) is 20.6. The normalized spacial score (nSPS) is 11.2. The van der Waals surface area contributed by atoms with Gasteiger partial charge in [-0.15, -0.1) is 0 Å². The minimum absolute atomic E-state index is 0.157. The lowest BCUT2D eigenvalue weighted by molar-refractivity contribution is 0.102. The Morgan fingerprint density at radius 2 is 1.82 bits per heavy atom. The number of carbonyl (C=O) groups excluding carboxylic acids is 1. The van der Waals surface area contributed by atoms with Crippen molar-refractivity contribution in [1.29, 1.82) is 0 Å². The Labute approximate surface area is 176 Å². The van der Waals surface area contributed by atoms with Crippen LogP contribution in [0.25, 0.3) is 0 Å². The van der Waals surface area contributed by atoms with Gasteiger partial charge in [-0.3, -0.25) is 4.79 Å². The van der Waals surface area contributed by atoms with Crippen molar-refractivity contribution in [3.63, 3.8) is 0 Å². The predicted octanol–water partition coefficient (Wildman–Crippen LogP) is 4.96. The topological polar surface area (TPSA) is 76.1 Å². The Hall–Kier alpha value is -2.16. The third-order valence-electron chi connectivity index (χ3n) is 3.93. The van der Waals surface area contributed by atoms with Gasteiger partial charge in [0.15, 0.2) is 9.84 Å². The lowest BCUT2D eigenvalue weighted by Crippen LogP contribution is -2.15. The zero-order valence-electron chi connectivity index (χ0n) is 15.1. The number of amides is 1. The second-order valence-corrected chi connectivity index (χ2v) is 10.1. The molecular weight excluding hydrogens is 460 g/mol. The van der Waals surface area contributed by atoms with Crippen molar-refractivity contribution >= 4 is 49.1 Å². The van der Waals surface area contributed by atoms with E-state index in [1.807, 2.05) is 31.2 Å². The molecule has 5 nitrogen and oxygen atoms in total. The molecular formula is C20H17BrN2O3S2. The summed E-state index contributed by atoms with van der Waals surface area (Å²) in [6.45, 7) is 1.81. The Kier molecular flexibility index (Phi) is 6.22. The van der Waals surface area contributed by atoms with Crippen LogP contribution in [0.4, 0.5) is 5.69 Å². The van der Waals surface area contributed by atoms with E-state index in [2.05, 4.69) is 26.2 Å². The summed E-state index contributed by atoms with van der Waals surface area (Å²) in [7, 11) is -3.37. The van der Waals surface area contributed by atoms with Crippen molar-refractivity contribution in [3.8, 4) is 0 Å². The van der Waals surface area contributed by atoms with Gasteiger partial charge in [0.2, 0.25) is 0 Å². The van der Waals surface area contributed by atoms with Crippen LogP contribution in [0.3, 0.4) is 0 Å². The molecule has 3 aromatic rings. The van der Waals surface area contributed by atoms with Crippen molar-refractivity contribution < 1.29 is 13.2 Å². The molecule has 3 rings (SSSR count). The molecule has 1 N–H and O–H groups in total. The SMILES string of the molecule is Cc1ccc(S(C)(=O)=O)cc1NC(=O)c1cccnc1Sc1ccc(Br)cc1. The maximum absolute atomic E-state index is 12.9. The van der Waals surface area contributed by atoms with Gasteiger partial charge in [-0.2, -0.15) is 0 Å². The minimum atomic E-state index is -3.37. The number of carbonyl (C=O) groups is 1. The van der Waals surface area contributed by atoms with Crippen LogP contribution < -0.4 is 5.32 Å². The number of sulfone groups is 1. The lowest BCUT2D eigenvalue weighted by atomic mass is 10.2. The standard InChI is InChI=1S/C20H17BrN2O3S2/c1-13-5-10-16(28(2,25)26)12-18(13)23-19(24)17-4-3-11-22-20(17)27-15-8-6-14(21)7-9-15/h3-12H,1-2H3,(H,23,24). The van der Waals surface area contributed by atoms with Crippen molar-refractivity contribution in [2.45, 2.75) is 21.7 Å². The number of rotatable bonds is 5. The van der Waals surface area contributed by atoms with Gasteiger partial charge in [-0.25, -0.2) is 13.4 Å². The zero-order chi connectivity index (χ0) is 20.3. The molecule has 1 aromatic heterocycles. The van der Waals surface area contributed by atoms with Crippen LogP contribution in [-0.4, -0.2) is 25.6 Å². The molecule has 0 aliphatic heterocycles. The number of aryl methyl sites for hydroxylation is 1. The molecule has 8 heteroatoms. The summed E-state index contributed by atoms with van der Waals surface area (Å²) in [4.78, 5) is 18.3. The Balaban J connectivity index is 1.89. The Morgan fingerprint density at radius 1 is 1.11 bits per heavy atom. The number of anilines is 1. The number of halogens is 1. The zero-order valence-corrected chi connectivity index (χ0v) is 18.4. The highest BCUT2D eigenvalue weighted by atomic mass is 79.9. The van der Waals surface area contributed by atoms with Gasteiger partial charge in [-0.1, -0.05) is 33.8 Å². The van der Waals surface area contributed by atoms with Crippen LogP contribution >= 0.6 is 27.7 Å². The first-order chi connectivity index (χ1) is 13.2. The van der Waals surface area contributed by atoms with E-state index in [1.165, 1.54) is 23.9 Å². The van der Waals surface area contributed by atoms with Crippen LogP contribution in [0.15, 0.2) is 80.1 Å². The van der Waals surface area contributed by atoms with Crippen molar-refractivity contribution in [2.24, 2.45) is 0 Å². The van der Waals surface area contributed by atoms with Gasteiger partial charge >= 0.3 is 0 Å². The van der Waals surface area contributed by atoms with Crippen LogP contribution in [0.5, 0.6) is 0 Å². The molecule has 0 aliphatic carbocycles. The highest BCUT2D eigenvalue weighted by Gasteiger charge is 2.16. The van der Waals surface area contributed by atoms with Crippen molar-refractivity contribution in [2.75, 3.05) is 11.6 Å². The summed E-state index contributed by atoms with van der Waals surface area (Å²) in [5.41, 5.74) is 1.64. The van der Waals surface area contributed by atoms with E-state index >= 15 is 0 Å². The van der Waals surface area contributed by atoms with Crippen LogP contribution in [0.2, 0.25) is 0 Å². The summed E-state index contributed by atoms with van der Waals surface area (Å²) < 4.78 is 24.6. The molecule has 2 aromatic carbocycles. The summed E-state index contributed by atoms with van der Waals surface area (Å²) in [5, 5.41) is 3.38. The molecule has 144 valence electrons. The largest absolute Gasteiger partial charge is 0.322 e. The van der Waals surface area contributed by atoms with E-state index in [9.17, 15) is 13.2 Å². The second-order valence-electron chi connectivity index (χ2n) is 6.12. The molecule has 0 fully saturated rings. The van der Waals surface area contributed by atoms with E-state index < -0.39 is 9.84 Å². The molecule has 0 bridgehead atoms. The third kappa shape index (κ3) is 5.01. The van der Waals surface area contributed by atoms with E-state index in [0.29, 0.717) is 16.3 Å². The van der Waals surface area contributed by atoms with Crippen LogP contribution in [0, 0.1) is 6.92 Å². The molecule has 0 unspecified atom stereocenters. The third-order valence-corrected chi connectivity index (χ3v) is 6.59. The smallest absolute Gasteiger partial charge is 0.258 e. The number of hydrogen-bond acceptors (Lipinski definition) is 5. The summed E-state index contributed by atoms with van der Waals surface area (Å²) >= 11 is 4.79. The quantitative estimate of drug-likeness (QED) is 0.562. The fraction of sp³-hybridized carbons (Fsp3) is 0.100. The molecule has 0 radical (unpaired) electrons. The molecule has 0 aliphatic rings. The molecule has 0 saturated heterocycles. The number of benzene rings is 2. The fourth-order valence-electron chi connectivity index (χ4n) is 2.42. The number of nitrogens with one attached hydrogen (secondary N) is 1. The van der Waals surface area contributed by atoms with E-state index in [-0.39, 0.29) is 10.8 Å². The first-order valence-corrected chi connectivity index (χ1v) is 11.7. The monoisotopic (exact) mass is 476 g/mol. The first-order valence-electron chi connectivity index (χ1n) is 8.24. The number of aromatic nitrogens is 1. The summed E-state index contributed by atoms with van der Waals surface area (Å²) in [5.74, 6) is -0.346. The van der Waals surface area contributed by atoms with Gasteiger partial charge < -0.3 is 5.32 Å². The molecule has 1 heterocycles. The van der Waals surface area contributed by atoms with Crippen molar-refractivity contribution in [1.82, 2.24) is 4.98 Å². The Morgan fingerprint density at radius 3 is 2.50 bits per heavy atom. The summed E-state index contributed by atoms with van der Waals surface area (Å²) in [6, 6.07) is 15.8. The minimum Gasteiger partial charge on any atom is -0.322 e. The van der Waals surface area contributed by atoms with Crippen molar-refractivity contribution in [3.05, 3.63) is 76.4 Å². The average molecular weight is 477 g/mol. The highest BCUT2D eigenvalue weighted by molar-refractivity contribution is 9.10. The van der Waals surface area contributed by atoms with Gasteiger partial charge in [0.1, 0.15) is 5.03 Å². The molecule has 0 atom stereocenters. The fourth-order valence-corrected chi connectivity index (χ4v) is 4.21. The Bertz CT molecular complexity index is 1130. The van der Waals surface area contributed by atoms with E-state index in [1.54, 1.807) is 24.4 Å². The lowest BCUT2D eigenvalue weighted by Gasteiger charge is -2.12. The van der Waals surface area contributed by atoms with Gasteiger partial charge in [-0.05, 0) is 61.0 Å². The van der Waals surface area contributed by atoms with Gasteiger partial charge in [0.25, 0.3) is 5.91 Å². The summed E-state index contributed by atoms with van der Waals surface area (Å²) in [6.07, 6.45) is 2.77. The number of hydrogen-bond donors (Lipinski definition) is 1. The van der Waals surface area contributed by atoms with Gasteiger partial charge in [0, 0.05) is 27.5 Å².